The van der Waals surface area contributed by atoms with Crippen molar-refractivity contribution in [2.45, 2.75) is 19.8 Å². The number of rotatable bonds is 3. The highest BCUT2D eigenvalue weighted by Gasteiger charge is 2.16. The summed E-state index contributed by atoms with van der Waals surface area (Å²) in [5.41, 5.74) is -0.561. The lowest BCUT2D eigenvalue weighted by Gasteiger charge is -2.06. The number of hydrogen-bond acceptors (Lipinski definition) is 4. The zero-order chi connectivity index (χ0) is 16.6. The molecule has 23 heavy (non-hydrogen) atoms. The molecule has 0 saturated heterocycles. The van der Waals surface area contributed by atoms with Gasteiger partial charge in [-0.1, -0.05) is 26.0 Å². The molecule has 2 N–H and O–H groups in total. The molecule has 2 aromatic heterocycles. The van der Waals surface area contributed by atoms with Crippen LogP contribution in [0.1, 0.15) is 35.9 Å². The molecule has 7 nitrogen and oxygen atoms in total. The zero-order valence-electron chi connectivity index (χ0n) is 12.5. The second-order valence-electron chi connectivity index (χ2n) is 5.31. The third kappa shape index (κ3) is 2.83. The second kappa shape index (κ2) is 5.64. The average molecular weight is 315 g/mol. The van der Waals surface area contributed by atoms with Crippen LogP contribution in [0.5, 0.6) is 0 Å². The number of nitrogens with zero attached hydrogens (tertiary/aromatic N) is 3. The van der Waals surface area contributed by atoms with Crippen LogP contribution in [-0.2, 0) is 0 Å². The van der Waals surface area contributed by atoms with Crippen molar-refractivity contribution >= 4 is 17.5 Å². The van der Waals surface area contributed by atoms with E-state index >= 15 is 0 Å². The van der Waals surface area contributed by atoms with Gasteiger partial charge in [0.25, 0.3) is 11.5 Å². The maximum Gasteiger partial charge on any atom is 0.259 e. The molecule has 0 aliphatic heterocycles. The van der Waals surface area contributed by atoms with Crippen LogP contribution in [0, 0.1) is 5.82 Å². The number of aromatic amines is 1. The molecule has 0 saturated carbocycles. The maximum absolute atomic E-state index is 13.7. The van der Waals surface area contributed by atoms with Gasteiger partial charge in [-0.25, -0.2) is 4.39 Å². The highest BCUT2D eigenvalue weighted by molar-refractivity contribution is 6.04. The van der Waals surface area contributed by atoms with E-state index in [0.717, 1.165) is 0 Å². The largest absolute Gasteiger partial charge is 0.306 e. The molecule has 118 valence electrons. The third-order valence-corrected chi connectivity index (χ3v) is 3.23. The number of nitrogens with one attached hydrogen (secondary N) is 2. The predicted molar refractivity (Wildman–Crippen MR) is 82.0 cm³/mol. The maximum atomic E-state index is 13.7. The van der Waals surface area contributed by atoms with E-state index in [4.69, 9.17) is 0 Å². The molecule has 1 aromatic carbocycles. The van der Waals surface area contributed by atoms with Gasteiger partial charge in [0.15, 0.2) is 5.82 Å². The number of anilines is 1. The van der Waals surface area contributed by atoms with Gasteiger partial charge in [-0.15, -0.1) is 5.10 Å². The van der Waals surface area contributed by atoms with E-state index in [9.17, 15) is 14.0 Å². The van der Waals surface area contributed by atoms with E-state index in [-0.39, 0.29) is 23.1 Å². The van der Waals surface area contributed by atoms with E-state index in [1.54, 1.807) is 6.07 Å². The van der Waals surface area contributed by atoms with Crippen LogP contribution in [0.25, 0.3) is 5.78 Å². The van der Waals surface area contributed by atoms with Crippen LogP contribution in [0.3, 0.4) is 0 Å². The first-order chi connectivity index (χ1) is 11.0. The molecular formula is C15H14FN5O2. The summed E-state index contributed by atoms with van der Waals surface area (Å²) in [6.07, 6.45) is 0. The molecule has 0 aliphatic carbocycles. The molecule has 3 rings (SSSR count). The summed E-state index contributed by atoms with van der Waals surface area (Å²) in [5, 5.41) is 6.75. The molecule has 0 aliphatic rings. The van der Waals surface area contributed by atoms with Crippen LogP contribution in [0.4, 0.5) is 10.2 Å². The lowest BCUT2D eigenvalue weighted by atomic mass is 10.2. The fourth-order valence-electron chi connectivity index (χ4n) is 2.07. The third-order valence-electron chi connectivity index (χ3n) is 3.23. The standard InChI is InChI=1S/C15H14FN5O2/c1-8(2)13-19-15-18-12(22)7-11(21(15)20-13)17-14(23)9-5-3-4-6-10(9)16/h3-8H,1-2H3,(H,17,23)(H,18,19,20,22). The highest BCUT2D eigenvalue weighted by Crippen LogP contribution is 2.14. The number of carbonyl (C=O) groups is 1. The second-order valence-corrected chi connectivity index (χ2v) is 5.31. The Morgan fingerprint density at radius 1 is 1.35 bits per heavy atom. The Hall–Kier alpha value is -3.03. The van der Waals surface area contributed by atoms with Crippen molar-refractivity contribution in [2.75, 3.05) is 5.32 Å². The number of carbonyl (C=O) groups excluding carboxylic acids is 1. The first kappa shape index (κ1) is 14.9. The van der Waals surface area contributed by atoms with Crippen molar-refractivity contribution in [3.8, 4) is 0 Å². The summed E-state index contributed by atoms with van der Waals surface area (Å²) in [4.78, 5) is 30.7. The van der Waals surface area contributed by atoms with Gasteiger partial charge in [0, 0.05) is 12.0 Å². The van der Waals surface area contributed by atoms with Crippen molar-refractivity contribution in [1.29, 1.82) is 0 Å². The summed E-state index contributed by atoms with van der Waals surface area (Å²) in [6, 6.07) is 6.76. The Kier molecular flexibility index (Phi) is 3.65. The molecule has 3 aromatic rings. The number of benzene rings is 1. The average Bonchev–Trinajstić information content (AvgIpc) is 2.91. The van der Waals surface area contributed by atoms with Gasteiger partial charge in [0.1, 0.15) is 11.6 Å². The summed E-state index contributed by atoms with van der Waals surface area (Å²) in [5.74, 6) is -0.410. The summed E-state index contributed by atoms with van der Waals surface area (Å²) in [6.45, 7) is 3.81. The van der Waals surface area contributed by atoms with Gasteiger partial charge in [-0.3, -0.25) is 14.6 Å². The SMILES string of the molecule is CC(C)c1nc2[nH]c(=O)cc(NC(=O)c3ccccc3F)n2n1. The fourth-order valence-corrected chi connectivity index (χ4v) is 2.07. The van der Waals surface area contributed by atoms with Crippen molar-refractivity contribution in [3.05, 3.63) is 57.9 Å². The Morgan fingerprint density at radius 2 is 2.09 bits per heavy atom. The van der Waals surface area contributed by atoms with Gasteiger partial charge in [-0.05, 0) is 12.1 Å². The zero-order valence-corrected chi connectivity index (χ0v) is 12.5. The topological polar surface area (TPSA) is 92.1 Å². The first-order valence-corrected chi connectivity index (χ1v) is 7.01. The molecule has 2 heterocycles. The minimum Gasteiger partial charge on any atom is -0.306 e. The van der Waals surface area contributed by atoms with Crippen molar-refractivity contribution < 1.29 is 9.18 Å². The van der Waals surface area contributed by atoms with E-state index < -0.39 is 17.3 Å². The molecule has 0 bridgehead atoms. The summed E-state index contributed by atoms with van der Waals surface area (Å²) < 4.78 is 15.0. The van der Waals surface area contributed by atoms with Crippen molar-refractivity contribution in [2.24, 2.45) is 0 Å². The van der Waals surface area contributed by atoms with Crippen LogP contribution in [-0.4, -0.2) is 25.5 Å². The summed E-state index contributed by atoms with van der Waals surface area (Å²) in [7, 11) is 0. The quantitative estimate of drug-likeness (QED) is 0.772. The van der Waals surface area contributed by atoms with E-state index in [2.05, 4.69) is 20.4 Å². The van der Waals surface area contributed by atoms with E-state index in [1.807, 2.05) is 13.8 Å². The molecule has 0 fully saturated rings. The van der Waals surface area contributed by atoms with Gasteiger partial charge in [0.05, 0.1) is 5.56 Å². The molecule has 0 unspecified atom stereocenters. The number of H-pyrrole nitrogens is 1. The lowest BCUT2D eigenvalue weighted by Crippen LogP contribution is -2.19. The monoisotopic (exact) mass is 315 g/mol. The molecule has 8 heteroatoms. The van der Waals surface area contributed by atoms with Gasteiger partial charge >= 0.3 is 0 Å². The first-order valence-electron chi connectivity index (χ1n) is 7.01. The number of halogens is 1. The van der Waals surface area contributed by atoms with Crippen LogP contribution in [0.15, 0.2) is 35.1 Å². The molecule has 0 spiro atoms. The van der Waals surface area contributed by atoms with Crippen LogP contribution < -0.4 is 10.9 Å². The Morgan fingerprint density at radius 3 is 2.78 bits per heavy atom. The molecule has 1 amide bonds. The van der Waals surface area contributed by atoms with Gasteiger partial charge in [0.2, 0.25) is 5.78 Å². The molecule has 0 atom stereocenters. The van der Waals surface area contributed by atoms with E-state index in [1.165, 1.54) is 28.8 Å². The van der Waals surface area contributed by atoms with E-state index in [0.29, 0.717) is 5.82 Å². The highest BCUT2D eigenvalue weighted by atomic mass is 19.1. The van der Waals surface area contributed by atoms with Crippen LogP contribution >= 0.6 is 0 Å². The van der Waals surface area contributed by atoms with Crippen LogP contribution in [0.2, 0.25) is 0 Å². The number of hydrogen-bond donors (Lipinski definition) is 2. The number of aromatic nitrogens is 4. The Bertz CT molecular complexity index is 944. The molecule has 0 radical (unpaired) electrons. The van der Waals surface area contributed by atoms with Gasteiger partial charge < -0.3 is 5.32 Å². The molecular weight excluding hydrogens is 301 g/mol. The van der Waals surface area contributed by atoms with Crippen molar-refractivity contribution in [3.63, 3.8) is 0 Å². The normalized spacial score (nSPS) is 11.1. The lowest BCUT2D eigenvalue weighted by molar-refractivity contribution is 0.102. The predicted octanol–water partition coefficient (Wildman–Crippen LogP) is 1.93. The smallest absolute Gasteiger partial charge is 0.259 e. The number of fused-ring (bicyclic) bond motifs is 1. The Labute approximate surface area is 130 Å². The minimum absolute atomic E-state index is 0.0496. The van der Waals surface area contributed by atoms with Gasteiger partial charge in [-0.2, -0.15) is 9.50 Å². The minimum atomic E-state index is -0.670. The Balaban J connectivity index is 2.04. The number of amides is 1. The summed E-state index contributed by atoms with van der Waals surface area (Å²) >= 11 is 0. The van der Waals surface area contributed by atoms with Crippen molar-refractivity contribution in [1.82, 2.24) is 19.6 Å². The fraction of sp³-hybridized carbons (Fsp3) is 0.200.